The van der Waals surface area contributed by atoms with E-state index in [1.165, 1.54) is 6.42 Å². The molecule has 0 aromatic carbocycles. The van der Waals surface area contributed by atoms with Crippen LogP contribution in [-0.2, 0) is 6.54 Å². The van der Waals surface area contributed by atoms with Crippen LogP contribution >= 0.6 is 0 Å². The third-order valence-electron chi connectivity index (χ3n) is 3.21. The average molecular weight is 208 g/mol. The first-order valence-electron chi connectivity index (χ1n) is 5.68. The van der Waals surface area contributed by atoms with E-state index in [2.05, 4.69) is 42.4 Å². The Hall–Kier alpha value is -1.03. The van der Waals surface area contributed by atoms with Crippen LogP contribution in [0.5, 0.6) is 0 Å². The highest BCUT2D eigenvalue weighted by Gasteiger charge is 2.25. The first-order chi connectivity index (χ1) is 7.19. The molecule has 1 aromatic heterocycles. The third kappa shape index (κ3) is 2.31. The van der Waals surface area contributed by atoms with Crippen molar-refractivity contribution in [2.75, 3.05) is 18.9 Å². The molecule has 1 aromatic rings. The fourth-order valence-corrected chi connectivity index (χ4v) is 2.15. The highest BCUT2D eigenvalue weighted by atomic mass is 15.3. The standard InChI is InChI=1S/C11H20N4/c1-4-15-8-11(6-12-15)13-10-5-9(2)14(3)7-10/h6,8-10,13H,4-5,7H2,1-3H3. The zero-order chi connectivity index (χ0) is 10.8. The maximum Gasteiger partial charge on any atom is 0.0729 e. The van der Waals surface area contributed by atoms with Gasteiger partial charge in [-0.2, -0.15) is 5.10 Å². The summed E-state index contributed by atoms with van der Waals surface area (Å²) in [6.07, 6.45) is 5.20. The fraction of sp³-hybridized carbons (Fsp3) is 0.727. The van der Waals surface area contributed by atoms with E-state index in [0.717, 1.165) is 18.8 Å². The van der Waals surface area contributed by atoms with Gasteiger partial charge in [-0.3, -0.25) is 4.68 Å². The lowest BCUT2D eigenvalue weighted by Gasteiger charge is -2.13. The number of likely N-dealkylation sites (tertiary alicyclic amines) is 1. The summed E-state index contributed by atoms with van der Waals surface area (Å²) in [5.74, 6) is 0. The molecule has 2 heterocycles. The molecule has 0 bridgehead atoms. The molecule has 2 rings (SSSR count). The van der Waals surface area contributed by atoms with Crippen molar-refractivity contribution in [1.29, 1.82) is 0 Å². The average Bonchev–Trinajstić information content (AvgIpc) is 2.76. The van der Waals surface area contributed by atoms with Crippen LogP contribution in [0.3, 0.4) is 0 Å². The van der Waals surface area contributed by atoms with Gasteiger partial charge in [0.2, 0.25) is 0 Å². The van der Waals surface area contributed by atoms with E-state index in [1.54, 1.807) is 0 Å². The normalized spacial score (nSPS) is 27.1. The van der Waals surface area contributed by atoms with Crippen LogP contribution < -0.4 is 5.32 Å². The lowest BCUT2D eigenvalue weighted by atomic mass is 10.2. The number of hydrogen-bond acceptors (Lipinski definition) is 3. The molecule has 15 heavy (non-hydrogen) atoms. The third-order valence-corrected chi connectivity index (χ3v) is 3.21. The molecule has 2 atom stereocenters. The highest BCUT2D eigenvalue weighted by Crippen LogP contribution is 2.19. The number of nitrogens with one attached hydrogen (secondary N) is 1. The number of aryl methyl sites for hydroxylation is 1. The summed E-state index contributed by atoms with van der Waals surface area (Å²) in [6, 6.07) is 1.25. The van der Waals surface area contributed by atoms with E-state index in [9.17, 15) is 0 Å². The Kier molecular flexibility index (Phi) is 2.95. The smallest absolute Gasteiger partial charge is 0.0729 e. The minimum absolute atomic E-state index is 0.569. The van der Waals surface area contributed by atoms with Gasteiger partial charge in [0.05, 0.1) is 11.9 Å². The number of hydrogen-bond donors (Lipinski definition) is 1. The van der Waals surface area contributed by atoms with E-state index in [0.29, 0.717) is 12.1 Å². The molecule has 1 fully saturated rings. The molecule has 0 spiro atoms. The van der Waals surface area contributed by atoms with E-state index in [4.69, 9.17) is 0 Å². The molecule has 4 heteroatoms. The maximum absolute atomic E-state index is 4.26. The minimum atomic E-state index is 0.569. The van der Waals surface area contributed by atoms with Gasteiger partial charge in [-0.15, -0.1) is 0 Å². The van der Waals surface area contributed by atoms with Gasteiger partial charge in [0, 0.05) is 31.4 Å². The predicted octanol–water partition coefficient (Wildman–Crippen LogP) is 1.41. The number of nitrogens with zero attached hydrogens (tertiary/aromatic N) is 3. The highest BCUT2D eigenvalue weighted by molar-refractivity contribution is 5.39. The van der Waals surface area contributed by atoms with Crippen LogP contribution in [0.15, 0.2) is 12.4 Å². The van der Waals surface area contributed by atoms with Crippen molar-refractivity contribution < 1.29 is 0 Å². The molecule has 1 N–H and O–H groups in total. The first kappa shape index (κ1) is 10.5. The number of likely N-dealkylation sites (N-methyl/N-ethyl adjacent to an activating group) is 1. The fourth-order valence-electron chi connectivity index (χ4n) is 2.15. The maximum atomic E-state index is 4.26. The molecule has 84 valence electrons. The summed E-state index contributed by atoms with van der Waals surface area (Å²) in [6.45, 7) is 6.43. The number of anilines is 1. The zero-order valence-corrected chi connectivity index (χ0v) is 9.77. The zero-order valence-electron chi connectivity index (χ0n) is 9.77. The van der Waals surface area contributed by atoms with Crippen LogP contribution in [0.4, 0.5) is 5.69 Å². The van der Waals surface area contributed by atoms with Gasteiger partial charge in [-0.05, 0) is 27.3 Å². The van der Waals surface area contributed by atoms with Crippen molar-refractivity contribution >= 4 is 5.69 Å². The van der Waals surface area contributed by atoms with Crippen LogP contribution in [-0.4, -0.2) is 40.4 Å². The van der Waals surface area contributed by atoms with Gasteiger partial charge in [0.15, 0.2) is 0 Å². The lowest BCUT2D eigenvalue weighted by Crippen LogP contribution is -2.24. The van der Waals surface area contributed by atoms with Crippen molar-refractivity contribution in [2.45, 2.75) is 38.9 Å². The van der Waals surface area contributed by atoms with E-state index in [-0.39, 0.29) is 0 Å². The number of rotatable bonds is 3. The van der Waals surface area contributed by atoms with E-state index in [1.807, 2.05) is 10.9 Å². The SMILES string of the molecule is CCn1cc(NC2CC(C)N(C)C2)cn1. The van der Waals surface area contributed by atoms with E-state index >= 15 is 0 Å². The molecule has 4 nitrogen and oxygen atoms in total. The topological polar surface area (TPSA) is 33.1 Å². The Balaban J connectivity index is 1.92. The van der Waals surface area contributed by atoms with Crippen LogP contribution in [0.25, 0.3) is 0 Å². The predicted molar refractivity (Wildman–Crippen MR) is 62.0 cm³/mol. The van der Waals surface area contributed by atoms with Gasteiger partial charge in [0.1, 0.15) is 0 Å². The lowest BCUT2D eigenvalue weighted by molar-refractivity contribution is 0.330. The van der Waals surface area contributed by atoms with Gasteiger partial charge in [-0.1, -0.05) is 0 Å². The van der Waals surface area contributed by atoms with Crippen LogP contribution in [0, 0.1) is 0 Å². The van der Waals surface area contributed by atoms with E-state index < -0.39 is 0 Å². The summed E-state index contributed by atoms with van der Waals surface area (Å²) in [5, 5.41) is 7.79. The molecule has 0 aliphatic carbocycles. The Bertz CT molecular complexity index is 310. The molecule has 2 unspecified atom stereocenters. The summed E-state index contributed by atoms with van der Waals surface area (Å²) >= 11 is 0. The van der Waals surface area contributed by atoms with Crippen LogP contribution in [0.2, 0.25) is 0 Å². The molecule has 0 radical (unpaired) electrons. The Labute approximate surface area is 91.3 Å². The second-order valence-electron chi connectivity index (χ2n) is 4.45. The Morgan fingerprint density at radius 1 is 1.60 bits per heavy atom. The van der Waals surface area contributed by atoms with Crippen molar-refractivity contribution in [2.24, 2.45) is 0 Å². The Morgan fingerprint density at radius 2 is 2.40 bits per heavy atom. The van der Waals surface area contributed by atoms with Crippen molar-refractivity contribution in [1.82, 2.24) is 14.7 Å². The van der Waals surface area contributed by atoms with Gasteiger partial charge in [-0.25, -0.2) is 0 Å². The summed E-state index contributed by atoms with van der Waals surface area (Å²) < 4.78 is 1.95. The minimum Gasteiger partial charge on any atom is -0.378 e. The van der Waals surface area contributed by atoms with Gasteiger partial charge >= 0.3 is 0 Å². The summed E-state index contributed by atoms with van der Waals surface area (Å²) in [4.78, 5) is 2.39. The molecule has 1 saturated heterocycles. The van der Waals surface area contributed by atoms with Crippen molar-refractivity contribution in [3.63, 3.8) is 0 Å². The van der Waals surface area contributed by atoms with Crippen molar-refractivity contribution in [3.8, 4) is 0 Å². The van der Waals surface area contributed by atoms with Gasteiger partial charge in [0.25, 0.3) is 0 Å². The first-order valence-corrected chi connectivity index (χ1v) is 5.68. The van der Waals surface area contributed by atoms with Gasteiger partial charge < -0.3 is 10.2 Å². The second-order valence-corrected chi connectivity index (χ2v) is 4.45. The van der Waals surface area contributed by atoms with Crippen LogP contribution in [0.1, 0.15) is 20.3 Å². The second kappa shape index (κ2) is 4.23. The molecule has 0 amide bonds. The number of aromatic nitrogens is 2. The Morgan fingerprint density at radius 3 is 2.93 bits per heavy atom. The summed E-state index contributed by atoms with van der Waals surface area (Å²) in [7, 11) is 2.18. The quantitative estimate of drug-likeness (QED) is 0.815. The largest absolute Gasteiger partial charge is 0.378 e. The summed E-state index contributed by atoms with van der Waals surface area (Å²) in [5.41, 5.74) is 1.14. The monoisotopic (exact) mass is 208 g/mol. The molecule has 1 aliphatic heterocycles. The molecule has 1 aliphatic rings. The van der Waals surface area contributed by atoms with Crippen molar-refractivity contribution in [3.05, 3.63) is 12.4 Å². The molecular formula is C11H20N4. The molecule has 0 saturated carbocycles. The molecular weight excluding hydrogens is 188 g/mol.